The van der Waals surface area contributed by atoms with Crippen LogP contribution >= 0.6 is 11.3 Å². The molecular weight excluding hydrogens is 394 g/mol. The van der Waals surface area contributed by atoms with Crippen LogP contribution in [-0.4, -0.2) is 54.8 Å². The number of hydrogen-bond donors (Lipinski definition) is 1. The number of morpholine rings is 1. The molecular formula is C24H25N3O2S. The summed E-state index contributed by atoms with van der Waals surface area (Å²) < 4.78 is 11.1. The first-order chi connectivity index (χ1) is 14.8. The molecule has 1 fully saturated rings. The van der Waals surface area contributed by atoms with Crippen molar-refractivity contribution in [1.82, 2.24) is 14.9 Å². The van der Waals surface area contributed by atoms with E-state index in [0.717, 1.165) is 61.7 Å². The molecule has 4 heterocycles. The highest BCUT2D eigenvalue weighted by Crippen LogP contribution is 2.38. The highest BCUT2D eigenvalue weighted by molar-refractivity contribution is 7.08. The second-order valence-corrected chi connectivity index (χ2v) is 8.32. The van der Waals surface area contributed by atoms with E-state index < -0.39 is 0 Å². The zero-order valence-corrected chi connectivity index (χ0v) is 17.9. The normalized spacial score (nSPS) is 15.0. The van der Waals surface area contributed by atoms with Gasteiger partial charge in [0, 0.05) is 66.2 Å². The van der Waals surface area contributed by atoms with Gasteiger partial charge in [-0.15, -0.1) is 0 Å². The molecule has 0 aliphatic carbocycles. The molecule has 30 heavy (non-hydrogen) atoms. The number of thiophene rings is 1. The summed E-state index contributed by atoms with van der Waals surface area (Å²) in [6.45, 7) is 4.63. The van der Waals surface area contributed by atoms with Crippen LogP contribution < -0.4 is 4.74 Å². The van der Waals surface area contributed by atoms with Crippen molar-refractivity contribution in [3.05, 3.63) is 59.2 Å². The summed E-state index contributed by atoms with van der Waals surface area (Å²) in [5.41, 5.74) is 6.99. The Morgan fingerprint density at radius 1 is 1.13 bits per heavy atom. The first-order valence-electron chi connectivity index (χ1n) is 10.3. The van der Waals surface area contributed by atoms with E-state index in [1.807, 2.05) is 18.5 Å². The fraction of sp³-hybridized carbons (Fsp3) is 0.292. The Hall–Kier alpha value is -2.67. The van der Waals surface area contributed by atoms with Gasteiger partial charge in [-0.3, -0.25) is 9.88 Å². The van der Waals surface area contributed by atoms with E-state index in [1.54, 1.807) is 18.4 Å². The molecule has 5 nitrogen and oxygen atoms in total. The van der Waals surface area contributed by atoms with Gasteiger partial charge in [-0.05, 0) is 34.5 Å². The van der Waals surface area contributed by atoms with Crippen LogP contribution in [0.15, 0.2) is 53.5 Å². The largest absolute Gasteiger partial charge is 0.495 e. The van der Waals surface area contributed by atoms with E-state index in [4.69, 9.17) is 9.47 Å². The SMILES string of the molecule is COc1cccc2c(-c3cncc(-c4ccsc4)c3)c(CCN3CCOCC3)[nH]c12. The second kappa shape index (κ2) is 8.60. The number of H-pyrrole nitrogens is 1. The predicted molar refractivity (Wildman–Crippen MR) is 122 cm³/mol. The number of nitrogens with one attached hydrogen (secondary N) is 1. The van der Waals surface area contributed by atoms with E-state index in [0.29, 0.717) is 0 Å². The molecule has 5 rings (SSSR count). The van der Waals surface area contributed by atoms with Crippen LogP contribution in [0, 0.1) is 0 Å². The van der Waals surface area contributed by atoms with Crippen molar-refractivity contribution in [2.75, 3.05) is 40.0 Å². The van der Waals surface area contributed by atoms with Crippen LogP contribution in [0.3, 0.4) is 0 Å². The van der Waals surface area contributed by atoms with Gasteiger partial charge in [0.05, 0.1) is 25.8 Å². The fourth-order valence-electron chi connectivity index (χ4n) is 4.19. The lowest BCUT2D eigenvalue weighted by Gasteiger charge is -2.26. The number of aromatic nitrogens is 2. The zero-order valence-electron chi connectivity index (χ0n) is 17.1. The van der Waals surface area contributed by atoms with Crippen LogP contribution in [0.5, 0.6) is 5.75 Å². The van der Waals surface area contributed by atoms with Crippen molar-refractivity contribution in [2.45, 2.75) is 6.42 Å². The molecule has 0 atom stereocenters. The summed E-state index contributed by atoms with van der Waals surface area (Å²) in [7, 11) is 1.72. The Bertz CT molecular complexity index is 1130. The zero-order chi connectivity index (χ0) is 20.3. The van der Waals surface area contributed by atoms with Gasteiger partial charge in [-0.1, -0.05) is 12.1 Å². The smallest absolute Gasteiger partial charge is 0.142 e. The van der Waals surface area contributed by atoms with E-state index in [-0.39, 0.29) is 0 Å². The number of fused-ring (bicyclic) bond motifs is 1. The summed E-state index contributed by atoms with van der Waals surface area (Å²) >= 11 is 1.71. The molecule has 1 saturated heterocycles. The number of hydrogen-bond acceptors (Lipinski definition) is 5. The summed E-state index contributed by atoms with van der Waals surface area (Å²) in [6, 6.07) is 10.6. The molecule has 154 valence electrons. The number of rotatable bonds is 6. The molecule has 1 aromatic carbocycles. The van der Waals surface area contributed by atoms with Crippen molar-refractivity contribution in [3.63, 3.8) is 0 Å². The lowest BCUT2D eigenvalue weighted by Crippen LogP contribution is -2.37. The Kier molecular flexibility index (Phi) is 5.53. The second-order valence-electron chi connectivity index (χ2n) is 7.54. The third kappa shape index (κ3) is 3.74. The van der Waals surface area contributed by atoms with Crippen molar-refractivity contribution >= 4 is 22.2 Å². The van der Waals surface area contributed by atoms with Crippen LogP contribution in [0.1, 0.15) is 5.69 Å². The third-order valence-corrected chi connectivity index (χ3v) is 6.44. The number of ether oxygens (including phenoxy) is 2. The van der Waals surface area contributed by atoms with Gasteiger partial charge >= 0.3 is 0 Å². The van der Waals surface area contributed by atoms with Gasteiger partial charge in [0.25, 0.3) is 0 Å². The van der Waals surface area contributed by atoms with Crippen LogP contribution in [0.25, 0.3) is 33.2 Å². The van der Waals surface area contributed by atoms with Crippen LogP contribution in [0.4, 0.5) is 0 Å². The first-order valence-corrected chi connectivity index (χ1v) is 11.2. The van der Waals surface area contributed by atoms with Crippen LogP contribution in [0.2, 0.25) is 0 Å². The highest BCUT2D eigenvalue weighted by Gasteiger charge is 2.18. The summed E-state index contributed by atoms with van der Waals surface area (Å²) in [4.78, 5) is 10.7. The third-order valence-electron chi connectivity index (χ3n) is 5.76. The molecule has 1 aliphatic heterocycles. The summed E-state index contributed by atoms with van der Waals surface area (Å²) in [5.74, 6) is 0.869. The molecule has 4 aromatic rings. The average Bonchev–Trinajstić information content (AvgIpc) is 3.46. The maximum absolute atomic E-state index is 5.64. The average molecular weight is 420 g/mol. The minimum Gasteiger partial charge on any atom is -0.495 e. The van der Waals surface area contributed by atoms with Gasteiger partial charge in [-0.2, -0.15) is 11.3 Å². The van der Waals surface area contributed by atoms with E-state index >= 15 is 0 Å². The molecule has 0 amide bonds. The molecule has 3 aromatic heterocycles. The fourth-order valence-corrected chi connectivity index (χ4v) is 4.85. The quantitative estimate of drug-likeness (QED) is 0.486. The topological polar surface area (TPSA) is 50.4 Å². The Morgan fingerprint density at radius 3 is 2.80 bits per heavy atom. The highest BCUT2D eigenvalue weighted by atomic mass is 32.1. The molecule has 0 unspecified atom stereocenters. The van der Waals surface area contributed by atoms with Gasteiger partial charge in [0.2, 0.25) is 0 Å². The first kappa shape index (κ1) is 19.3. The van der Waals surface area contributed by atoms with Crippen molar-refractivity contribution in [2.24, 2.45) is 0 Å². The lowest BCUT2D eigenvalue weighted by atomic mass is 9.99. The van der Waals surface area contributed by atoms with Crippen molar-refractivity contribution in [3.8, 4) is 28.0 Å². The summed E-state index contributed by atoms with van der Waals surface area (Å²) in [5, 5.41) is 5.45. The Balaban J connectivity index is 1.58. The van der Waals surface area contributed by atoms with E-state index in [1.165, 1.54) is 22.2 Å². The lowest BCUT2D eigenvalue weighted by molar-refractivity contribution is 0.0384. The Labute approximate surface area is 180 Å². The molecule has 0 radical (unpaired) electrons. The molecule has 0 spiro atoms. The standard InChI is InChI=1S/C24H25N3O2S/c1-28-22-4-2-3-20-23(19-13-18(14-25-15-19)17-6-12-30-16-17)21(26-24(20)22)5-7-27-8-10-29-11-9-27/h2-4,6,12-16,26H,5,7-11H2,1H3. The number of pyridine rings is 1. The van der Waals surface area contributed by atoms with Gasteiger partial charge in [-0.25, -0.2) is 0 Å². The molecule has 0 bridgehead atoms. The van der Waals surface area contributed by atoms with Gasteiger partial charge < -0.3 is 14.5 Å². The van der Waals surface area contributed by atoms with Gasteiger partial charge in [0.1, 0.15) is 5.75 Å². The van der Waals surface area contributed by atoms with E-state index in [2.05, 4.69) is 49.9 Å². The predicted octanol–water partition coefficient (Wildman–Crippen LogP) is 4.84. The van der Waals surface area contributed by atoms with Crippen molar-refractivity contribution in [1.29, 1.82) is 0 Å². The number of methoxy groups -OCH3 is 1. The molecule has 1 aliphatic rings. The maximum atomic E-state index is 5.64. The van der Waals surface area contributed by atoms with Gasteiger partial charge in [0.15, 0.2) is 0 Å². The monoisotopic (exact) mass is 419 g/mol. The molecule has 0 saturated carbocycles. The molecule has 1 N–H and O–H groups in total. The minimum absolute atomic E-state index is 0.819. The van der Waals surface area contributed by atoms with Crippen molar-refractivity contribution < 1.29 is 9.47 Å². The number of aromatic amines is 1. The molecule has 6 heteroatoms. The van der Waals surface area contributed by atoms with Crippen LogP contribution in [-0.2, 0) is 11.2 Å². The number of nitrogens with zero attached hydrogens (tertiary/aromatic N) is 2. The summed E-state index contributed by atoms with van der Waals surface area (Å²) in [6.07, 6.45) is 4.85. The van der Waals surface area contributed by atoms with E-state index in [9.17, 15) is 0 Å². The Morgan fingerprint density at radius 2 is 2.00 bits per heavy atom. The maximum Gasteiger partial charge on any atom is 0.142 e. The number of para-hydroxylation sites is 1. The minimum atomic E-state index is 0.819. The number of benzene rings is 1.